The van der Waals surface area contributed by atoms with Crippen molar-refractivity contribution in [1.82, 2.24) is 15.0 Å². The van der Waals surface area contributed by atoms with Crippen LogP contribution in [0.4, 0.5) is 0 Å². The summed E-state index contributed by atoms with van der Waals surface area (Å²) in [6, 6.07) is 7.95. The third-order valence-corrected chi connectivity index (χ3v) is 3.31. The third-order valence-electron chi connectivity index (χ3n) is 3.31. The van der Waals surface area contributed by atoms with Gasteiger partial charge in [-0.2, -0.15) is 0 Å². The maximum absolute atomic E-state index is 11.8. The molecule has 8 heteroatoms. The number of carboxylic acids is 1. The monoisotopic (exact) mass is 312 g/mol. The van der Waals surface area contributed by atoms with E-state index in [1.54, 1.807) is 24.3 Å². The lowest BCUT2D eigenvalue weighted by molar-refractivity contribution is -0.254. The average molecular weight is 312 g/mol. The number of aromatic amines is 2. The van der Waals surface area contributed by atoms with E-state index in [0.717, 1.165) is 0 Å². The highest BCUT2D eigenvalue weighted by Crippen LogP contribution is 2.23. The number of hydrogen-bond donors (Lipinski definition) is 2. The van der Waals surface area contributed by atoms with Gasteiger partial charge in [-0.1, -0.05) is 0 Å². The van der Waals surface area contributed by atoms with Gasteiger partial charge in [-0.3, -0.25) is 14.8 Å². The molecule has 0 aliphatic rings. The summed E-state index contributed by atoms with van der Waals surface area (Å²) < 4.78 is 5.05. The largest absolute Gasteiger partial charge is 0.545 e. The van der Waals surface area contributed by atoms with Crippen molar-refractivity contribution in [2.45, 2.75) is 0 Å². The molecule has 0 radical (unpaired) electrons. The molecule has 0 bridgehead atoms. The number of ether oxygens (including phenoxy) is 1. The molecule has 2 heterocycles. The number of H-pyrrole nitrogens is 2. The van der Waals surface area contributed by atoms with Crippen molar-refractivity contribution in [3.8, 4) is 17.0 Å². The first kappa shape index (κ1) is 14.5. The van der Waals surface area contributed by atoms with Crippen LogP contribution in [0.2, 0.25) is 0 Å². The maximum atomic E-state index is 11.8. The zero-order chi connectivity index (χ0) is 16.6. The van der Waals surface area contributed by atoms with Crippen LogP contribution in [0.5, 0.6) is 5.75 Å². The number of carbonyl (C=O) groups is 1. The van der Waals surface area contributed by atoms with Crippen molar-refractivity contribution in [2.75, 3.05) is 7.11 Å². The highest BCUT2D eigenvalue weighted by molar-refractivity contribution is 6.01. The zero-order valence-corrected chi connectivity index (χ0v) is 11.9. The molecule has 0 saturated heterocycles. The molecule has 2 N–H and O–H groups in total. The Hall–Kier alpha value is -3.42. The summed E-state index contributed by atoms with van der Waals surface area (Å²) in [4.78, 5) is 43.0. The molecule has 0 fully saturated rings. The van der Waals surface area contributed by atoms with E-state index in [1.165, 1.54) is 13.2 Å². The number of benzene rings is 1. The Labute approximate surface area is 128 Å². The van der Waals surface area contributed by atoms with Gasteiger partial charge in [-0.15, -0.1) is 0 Å². The van der Waals surface area contributed by atoms with E-state index >= 15 is 0 Å². The van der Waals surface area contributed by atoms with Crippen molar-refractivity contribution in [3.05, 3.63) is 56.7 Å². The molecule has 3 rings (SSSR count). The van der Waals surface area contributed by atoms with Crippen LogP contribution in [0, 0.1) is 0 Å². The van der Waals surface area contributed by atoms with Crippen molar-refractivity contribution in [1.29, 1.82) is 0 Å². The third kappa shape index (κ3) is 2.57. The number of pyridine rings is 1. The first-order valence-corrected chi connectivity index (χ1v) is 6.52. The molecule has 2 aromatic heterocycles. The second-order valence-electron chi connectivity index (χ2n) is 4.70. The SMILES string of the molecule is COc1ccc(-c2cc(C(=O)[O-])c3c(=O)[nH]c(=O)[nH]c3n2)cc1. The van der Waals surface area contributed by atoms with Gasteiger partial charge in [-0.25, -0.2) is 9.78 Å². The van der Waals surface area contributed by atoms with E-state index < -0.39 is 17.2 Å². The van der Waals surface area contributed by atoms with Crippen LogP contribution in [0.3, 0.4) is 0 Å². The molecule has 0 aliphatic carbocycles. The Balaban J connectivity index is 2.32. The van der Waals surface area contributed by atoms with Crippen molar-refractivity contribution >= 4 is 17.0 Å². The number of hydrogen-bond acceptors (Lipinski definition) is 6. The predicted molar refractivity (Wildman–Crippen MR) is 79.3 cm³/mol. The summed E-state index contributed by atoms with van der Waals surface area (Å²) >= 11 is 0. The minimum absolute atomic E-state index is 0.119. The molecule has 0 aliphatic heterocycles. The fourth-order valence-electron chi connectivity index (χ4n) is 2.24. The summed E-state index contributed by atoms with van der Waals surface area (Å²) in [6.07, 6.45) is 0. The summed E-state index contributed by atoms with van der Waals surface area (Å²) in [5, 5.41) is 11.1. The van der Waals surface area contributed by atoms with Crippen LogP contribution in [-0.4, -0.2) is 28.0 Å². The van der Waals surface area contributed by atoms with E-state index in [2.05, 4.69) is 9.97 Å². The van der Waals surface area contributed by atoms with Gasteiger partial charge in [0.25, 0.3) is 5.56 Å². The molecule has 0 amide bonds. The van der Waals surface area contributed by atoms with Gasteiger partial charge in [0.1, 0.15) is 11.4 Å². The fourth-order valence-corrected chi connectivity index (χ4v) is 2.24. The smallest absolute Gasteiger partial charge is 0.327 e. The highest BCUT2D eigenvalue weighted by Gasteiger charge is 2.13. The first-order valence-electron chi connectivity index (χ1n) is 6.52. The lowest BCUT2D eigenvalue weighted by Gasteiger charge is -2.10. The molecular formula is C15H10N3O5-. The Morgan fingerprint density at radius 2 is 1.87 bits per heavy atom. The number of nitrogens with zero attached hydrogens (tertiary/aromatic N) is 1. The molecule has 1 aromatic carbocycles. The number of carboxylic acid groups (broad SMARTS) is 1. The highest BCUT2D eigenvalue weighted by atomic mass is 16.5. The number of fused-ring (bicyclic) bond motifs is 1. The van der Waals surface area contributed by atoms with E-state index in [9.17, 15) is 19.5 Å². The lowest BCUT2D eigenvalue weighted by atomic mass is 10.1. The standard InChI is InChI=1S/C15H11N3O5/c1-23-8-4-2-7(3-5-8)10-6-9(14(20)21)11-12(16-10)17-15(22)18-13(11)19/h2-6H,1H3,(H,20,21)(H2,16,17,18,19,22)/p-1. The quantitative estimate of drug-likeness (QED) is 0.680. The Morgan fingerprint density at radius 3 is 2.48 bits per heavy atom. The summed E-state index contributed by atoms with van der Waals surface area (Å²) in [7, 11) is 1.52. The van der Waals surface area contributed by atoms with Gasteiger partial charge in [0, 0.05) is 11.1 Å². The molecular weight excluding hydrogens is 302 g/mol. The van der Waals surface area contributed by atoms with Crippen molar-refractivity contribution < 1.29 is 14.6 Å². The van der Waals surface area contributed by atoms with Crippen LogP contribution < -0.4 is 21.1 Å². The minimum Gasteiger partial charge on any atom is -0.545 e. The summed E-state index contributed by atoms with van der Waals surface area (Å²) in [5.74, 6) is -0.913. The molecule has 3 aromatic rings. The predicted octanol–water partition coefficient (Wildman–Crippen LogP) is -0.350. The van der Waals surface area contributed by atoms with Crippen molar-refractivity contribution in [3.63, 3.8) is 0 Å². The average Bonchev–Trinajstić information content (AvgIpc) is 2.53. The Morgan fingerprint density at radius 1 is 1.17 bits per heavy atom. The number of aromatic carboxylic acids is 1. The second kappa shape index (κ2) is 5.41. The molecule has 23 heavy (non-hydrogen) atoms. The van der Waals surface area contributed by atoms with Crippen LogP contribution >= 0.6 is 0 Å². The van der Waals surface area contributed by atoms with Crippen LogP contribution in [0.1, 0.15) is 10.4 Å². The zero-order valence-electron chi connectivity index (χ0n) is 11.9. The number of aromatic nitrogens is 3. The second-order valence-corrected chi connectivity index (χ2v) is 4.70. The first-order chi connectivity index (χ1) is 11.0. The van der Waals surface area contributed by atoms with Gasteiger partial charge in [0.15, 0.2) is 0 Å². The topological polar surface area (TPSA) is 128 Å². The van der Waals surface area contributed by atoms with E-state index in [1.807, 2.05) is 4.98 Å². The van der Waals surface area contributed by atoms with Gasteiger partial charge >= 0.3 is 5.69 Å². The van der Waals surface area contributed by atoms with Gasteiger partial charge in [0.05, 0.1) is 24.2 Å². The lowest BCUT2D eigenvalue weighted by Crippen LogP contribution is -2.28. The Kier molecular flexibility index (Phi) is 3.41. The van der Waals surface area contributed by atoms with Crippen LogP contribution in [0.15, 0.2) is 39.9 Å². The molecule has 116 valence electrons. The van der Waals surface area contributed by atoms with Crippen LogP contribution in [0.25, 0.3) is 22.3 Å². The molecule has 0 saturated carbocycles. The normalized spacial score (nSPS) is 10.7. The number of rotatable bonds is 3. The van der Waals surface area contributed by atoms with Gasteiger partial charge < -0.3 is 14.6 Å². The van der Waals surface area contributed by atoms with Gasteiger partial charge in [0.2, 0.25) is 0 Å². The van der Waals surface area contributed by atoms with Gasteiger partial charge in [-0.05, 0) is 30.3 Å². The summed E-state index contributed by atoms with van der Waals surface area (Å²) in [6.45, 7) is 0. The van der Waals surface area contributed by atoms with E-state index in [-0.39, 0.29) is 22.3 Å². The van der Waals surface area contributed by atoms with E-state index in [4.69, 9.17) is 4.74 Å². The number of methoxy groups -OCH3 is 1. The number of carbonyl (C=O) groups excluding carboxylic acids is 1. The molecule has 8 nitrogen and oxygen atoms in total. The molecule has 0 spiro atoms. The van der Waals surface area contributed by atoms with Crippen LogP contribution in [-0.2, 0) is 0 Å². The molecule has 0 unspecified atom stereocenters. The number of nitrogens with one attached hydrogen (secondary N) is 2. The summed E-state index contributed by atoms with van der Waals surface area (Å²) in [5.41, 5.74) is -1.20. The van der Waals surface area contributed by atoms with E-state index in [0.29, 0.717) is 11.3 Å². The fraction of sp³-hybridized carbons (Fsp3) is 0.0667. The maximum Gasteiger partial charge on any atom is 0.327 e. The van der Waals surface area contributed by atoms with Crippen molar-refractivity contribution in [2.24, 2.45) is 0 Å². The minimum atomic E-state index is -1.54. The Bertz CT molecular complexity index is 1020. The molecule has 0 atom stereocenters.